The number of carbonyl (C=O) groups excluding carboxylic acids is 1. The highest BCUT2D eigenvalue weighted by atomic mass is 32.1. The zero-order valence-corrected chi connectivity index (χ0v) is 9.12. The van der Waals surface area contributed by atoms with Crippen LogP contribution >= 0.6 is 11.3 Å². The molecule has 1 rings (SSSR count). The lowest BCUT2D eigenvalue weighted by Gasteiger charge is -2.09. The van der Waals surface area contributed by atoms with E-state index >= 15 is 0 Å². The lowest BCUT2D eigenvalue weighted by atomic mass is 10.1. The third-order valence-corrected chi connectivity index (χ3v) is 2.70. The summed E-state index contributed by atoms with van der Waals surface area (Å²) >= 11 is 1.24. The predicted octanol–water partition coefficient (Wildman–Crippen LogP) is 1.87. The summed E-state index contributed by atoms with van der Waals surface area (Å²) in [6.45, 7) is 2.11. The van der Waals surface area contributed by atoms with Crippen LogP contribution in [0.5, 0.6) is 0 Å². The van der Waals surface area contributed by atoms with E-state index in [1.165, 1.54) is 11.3 Å². The predicted molar refractivity (Wildman–Crippen MR) is 55.9 cm³/mol. The summed E-state index contributed by atoms with van der Waals surface area (Å²) in [5.74, 6) is -3.04. The molecule has 0 amide bonds. The van der Waals surface area contributed by atoms with Crippen LogP contribution in [-0.2, 0) is 14.3 Å². The van der Waals surface area contributed by atoms with Crippen molar-refractivity contribution in [3.8, 4) is 0 Å². The molecule has 0 bridgehead atoms. The largest absolute Gasteiger partial charge is 0.480 e. The number of carboxylic acids is 1. The SMILES string of the molecule is CCCOC(=O)C(C(=O)O)c1cccs1. The van der Waals surface area contributed by atoms with Gasteiger partial charge >= 0.3 is 11.9 Å². The maximum absolute atomic E-state index is 11.4. The highest BCUT2D eigenvalue weighted by Gasteiger charge is 2.30. The van der Waals surface area contributed by atoms with Gasteiger partial charge in [-0.3, -0.25) is 9.59 Å². The van der Waals surface area contributed by atoms with Gasteiger partial charge in [-0.1, -0.05) is 13.0 Å². The summed E-state index contributed by atoms with van der Waals surface area (Å²) < 4.78 is 4.83. The fraction of sp³-hybridized carbons (Fsp3) is 0.400. The molecule has 0 aliphatic heterocycles. The summed E-state index contributed by atoms with van der Waals surface area (Å²) in [5.41, 5.74) is 0. The molecule has 1 heterocycles. The summed E-state index contributed by atoms with van der Waals surface area (Å²) in [4.78, 5) is 22.9. The third kappa shape index (κ3) is 3.06. The number of hydrogen-bond donors (Lipinski definition) is 1. The first-order valence-corrected chi connectivity index (χ1v) is 5.47. The number of aliphatic carboxylic acids is 1. The van der Waals surface area contributed by atoms with E-state index < -0.39 is 17.9 Å². The van der Waals surface area contributed by atoms with E-state index in [4.69, 9.17) is 9.84 Å². The van der Waals surface area contributed by atoms with Crippen LogP contribution in [0.25, 0.3) is 0 Å². The van der Waals surface area contributed by atoms with Gasteiger partial charge in [-0.25, -0.2) is 0 Å². The second kappa shape index (κ2) is 5.50. The van der Waals surface area contributed by atoms with Gasteiger partial charge in [-0.05, 0) is 17.9 Å². The van der Waals surface area contributed by atoms with Crippen LogP contribution in [0.4, 0.5) is 0 Å². The molecule has 82 valence electrons. The van der Waals surface area contributed by atoms with Gasteiger partial charge in [-0.2, -0.15) is 0 Å². The normalized spacial score (nSPS) is 12.1. The molecule has 4 nitrogen and oxygen atoms in total. The van der Waals surface area contributed by atoms with Crippen LogP contribution in [0.2, 0.25) is 0 Å². The molecule has 5 heteroatoms. The Morgan fingerprint density at radius 2 is 2.33 bits per heavy atom. The van der Waals surface area contributed by atoms with Crippen LogP contribution in [0.3, 0.4) is 0 Å². The Kier molecular flexibility index (Phi) is 4.30. The standard InChI is InChI=1S/C10H12O4S/c1-2-5-14-10(13)8(9(11)12)7-4-3-6-15-7/h3-4,6,8H,2,5H2,1H3,(H,11,12). The van der Waals surface area contributed by atoms with Crippen LogP contribution in [-0.4, -0.2) is 23.7 Å². The van der Waals surface area contributed by atoms with Crippen LogP contribution < -0.4 is 0 Å². The lowest BCUT2D eigenvalue weighted by molar-refractivity contribution is -0.154. The number of hydrogen-bond acceptors (Lipinski definition) is 4. The Morgan fingerprint density at radius 3 is 2.80 bits per heavy atom. The van der Waals surface area contributed by atoms with Gasteiger partial charge in [0.25, 0.3) is 0 Å². The van der Waals surface area contributed by atoms with Crippen molar-refractivity contribution in [1.29, 1.82) is 0 Å². The highest BCUT2D eigenvalue weighted by Crippen LogP contribution is 2.22. The minimum Gasteiger partial charge on any atom is -0.480 e. The molecular weight excluding hydrogens is 216 g/mol. The number of thiophene rings is 1. The lowest BCUT2D eigenvalue weighted by Crippen LogP contribution is -2.23. The van der Waals surface area contributed by atoms with E-state index in [1.54, 1.807) is 17.5 Å². The third-order valence-electron chi connectivity index (χ3n) is 1.76. The number of ether oxygens (including phenoxy) is 1. The molecule has 0 aromatic carbocycles. The topological polar surface area (TPSA) is 63.6 Å². The molecule has 1 atom stereocenters. The van der Waals surface area contributed by atoms with Gasteiger partial charge in [0, 0.05) is 4.88 Å². The first-order chi connectivity index (χ1) is 7.16. The molecule has 1 N–H and O–H groups in total. The summed E-state index contributed by atoms with van der Waals surface area (Å²) in [7, 11) is 0. The maximum atomic E-state index is 11.4. The first kappa shape index (κ1) is 11.7. The fourth-order valence-corrected chi connectivity index (χ4v) is 1.88. The number of esters is 1. The van der Waals surface area contributed by atoms with Crippen LogP contribution in [0, 0.1) is 0 Å². The van der Waals surface area contributed by atoms with Crippen molar-refractivity contribution in [2.45, 2.75) is 19.3 Å². The molecule has 1 unspecified atom stereocenters. The molecule has 1 aromatic heterocycles. The monoisotopic (exact) mass is 228 g/mol. The smallest absolute Gasteiger partial charge is 0.325 e. The van der Waals surface area contributed by atoms with Crippen molar-refractivity contribution in [3.63, 3.8) is 0 Å². The van der Waals surface area contributed by atoms with E-state index in [2.05, 4.69) is 0 Å². The molecule has 0 saturated carbocycles. The Hall–Kier alpha value is -1.36. The second-order valence-corrected chi connectivity index (χ2v) is 3.93. The number of rotatable bonds is 5. The van der Waals surface area contributed by atoms with E-state index in [9.17, 15) is 9.59 Å². The molecule has 0 saturated heterocycles. The molecular formula is C10H12O4S. The minimum atomic E-state index is -1.18. The summed E-state index contributed by atoms with van der Waals surface area (Å²) in [6.07, 6.45) is 0.683. The van der Waals surface area contributed by atoms with Crippen molar-refractivity contribution in [3.05, 3.63) is 22.4 Å². The Balaban J connectivity index is 2.75. The fourth-order valence-electron chi connectivity index (χ4n) is 1.08. The Labute approximate surface area is 91.5 Å². The summed E-state index contributed by atoms with van der Waals surface area (Å²) in [6, 6.07) is 3.33. The quantitative estimate of drug-likeness (QED) is 0.617. The molecule has 0 radical (unpaired) electrons. The van der Waals surface area contributed by atoms with Crippen molar-refractivity contribution in [2.75, 3.05) is 6.61 Å². The minimum absolute atomic E-state index is 0.258. The maximum Gasteiger partial charge on any atom is 0.325 e. The molecule has 1 aromatic rings. The Morgan fingerprint density at radius 1 is 1.60 bits per heavy atom. The van der Waals surface area contributed by atoms with E-state index in [0.717, 1.165) is 0 Å². The average molecular weight is 228 g/mol. The van der Waals surface area contributed by atoms with Crippen molar-refractivity contribution in [1.82, 2.24) is 0 Å². The van der Waals surface area contributed by atoms with Crippen molar-refractivity contribution in [2.24, 2.45) is 0 Å². The van der Waals surface area contributed by atoms with Gasteiger partial charge in [0.1, 0.15) is 0 Å². The molecule has 0 spiro atoms. The zero-order valence-electron chi connectivity index (χ0n) is 8.30. The first-order valence-electron chi connectivity index (χ1n) is 4.59. The number of carbonyl (C=O) groups is 2. The van der Waals surface area contributed by atoms with Gasteiger partial charge in [0.2, 0.25) is 0 Å². The summed E-state index contributed by atoms with van der Waals surface area (Å²) in [5, 5.41) is 10.7. The zero-order chi connectivity index (χ0) is 11.3. The molecule has 15 heavy (non-hydrogen) atoms. The van der Waals surface area contributed by atoms with Gasteiger partial charge in [0.05, 0.1) is 6.61 Å². The van der Waals surface area contributed by atoms with Gasteiger partial charge in [-0.15, -0.1) is 11.3 Å². The highest BCUT2D eigenvalue weighted by molar-refractivity contribution is 7.10. The van der Waals surface area contributed by atoms with Gasteiger partial charge < -0.3 is 9.84 Å². The second-order valence-electron chi connectivity index (χ2n) is 2.95. The van der Waals surface area contributed by atoms with Crippen LogP contribution in [0.15, 0.2) is 17.5 Å². The molecule has 0 aliphatic carbocycles. The Bertz CT molecular complexity index is 331. The van der Waals surface area contributed by atoms with E-state index in [-0.39, 0.29) is 6.61 Å². The van der Waals surface area contributed by atoms with Crippen LogP contribution in [0.1, 0.15) is 24.1 Å². The van der Waals surface area contributed by atoms with Crippen molar-refractivity contribution >= 4 is 23.3 Å². The van der Waals surface area contributed by atoms with E-state index in [1.807, 2.05) is 6.92 Å². The van der Waals surface area contributed by atoms with Crippen molar-refractivity contribution < 1.29 is 19.4 Å². The molecule has 0 aliphatic rings. The molecule has 0 fully saturated rings. The number of carboxylic acid groups (broad SMARTS) is 1. The van der Waals surface area contributed by atoms with E-state index in [0.29, 0.717) is 11.3 Å². The average Bonchev–Trinajstić information content (AvgIpc) is 2.67. The van der Waals surface area contributed by atoms with Gasteiger partial charge in [0.15, 0.2) is 5.92 Å².